The Labute approximate surface area is 351 Å². The quantitative estimate of drug-likeness (QED) is 0.152. The van der Waals surface area contributed by atoms with Crippen LogP contribution in [0.3, 0.4) is 0 Å². The average Bonchev–Trinajstić information content (AvgIpc) is 3.73. The lowest BCUT2D eigenvalue weighted by atomic mass is 9.90. The number of fused-ring (bicyclic) bond motifs is 3. The molecule has 7 heteroatoms. The average molecular weight is 783 g/mol. The molecule has 0 unspecified atom stereocenters. The molecule has 0 saturated heterocycles. The number of hydrogen-bond acceptors (Lipinski definition) is 7. The van der Waals surface area contributed by atoms with Crippen molar-refractivity contribution in [2.45, 2.75) is 0 Å². The standard InChI is InChI=1S/C54H34N6O/c1-6-18-35(19-7-1)41-33-44(48-43-28-16-17-29-46(43)61-47(48)34-41)42-31-30-40(53-57-49(36-20-8-2-9-21-36)55-50(58-53)37-22-10-3-11-23-37)32-45(42)54-59-51(38-24-12-4-13-25-38)56-52(60-54)39-26-14-5-15-27-39/h1-34H. The normalized spacial score (nSPS) is 11.3. The zero-order chi connectivity index (χ0) is 40.5. The number of benzene rings is 8. The largest absolute Gasteiger partial charge is 0.456 e. The van der Waals surface area contributed by atoms with Gasteiger partial charge in [0.25, 0.3) is 0 Å². The summed E-state index contributed by atoms with van der Waals surface area (Å²) in [6.07, 6.45) is 0. The molecule has 0 bridgehead atoms. The second kappa shape index (κ2) is 15.4. The molecule has 7 nitrogen and oxygen atoms in total. The van der Waals surface area contributed by atoms with Crippen LogP contribution in [0.5, 0.6) is 0 Å². The first-order chi connectivity index (χ1) is 30.2. The summed E-state index contributed by atoms with van der Waals surface area (Å²) in [4.78, 5) is 30.8. The Morgan fingerprint density at radius 3 is 1.13 bits per heavy atom. The molecule has 61 heavy (non-hydrogen) atoms. The zero-order valence-corrected chi connectivity index (χ0v) is 32.7. The zero-order valence-electron chi connectivity index (χ0n) is 32.7. The molecule has 3 heterocycles. The number of aromatic nitrogens is 6. The van der Waals surface area contributed by atoms with Gasteiger partial charge in [0.2, 0.25) is 0 Å². The van der Waals surface area contributed by atoms with Crippen LogP contribution < -0.4 is 0 Å². The molecule has 0 aliphatic rings. The molecule has 0 N–H and O–H groups in total. The van der Waals surface area contributed by atoms with Crippen LogP contribution in [-0.2, 0) is 0 Å². The van der Waals surface area contributed by atoms with Crippen LogP contribution in [0.15, 0.2) is 211 Å². The van der Waals surface area contributed by atoms with Crippen molar-refractivity contribution < 1.29 is 4.42 Å². The van der Waals surface area contributed by atoms with Crippen LogP contribution in [-0.4, -0.2) is 29.9 Å². The van der Waals surface area contributed by atoms with E-state index in [2.05, 4.69) is 66.7 Å². The fraction of sp³-hybridized carbons (Fsp3) is 0. The summed E-state index contributed by atoms with van der Waals surface area (Å²) in [5.41, 5.74) is 10.7. The Kier molecular flexibility index (Phi) is 9.02. The van der Waals surface area contributed by atoms with E-state index < -0.39 is 0 Å². The molecule has 0 atom stereocenters. The maximum absolute atomic E-state index is 6.61. The molecule has 286 valence electrons. The van der Waals surface area contributed by atoms with Crippen molar-refractivity contribution in [3.63, 3.8) is 0 Å². The van der Waals surface area contributed by atoms with E-state index >= 15 is 0 Å². The third-order valence-corrected chi connectivity index (χ3v) is 10.8. The molecular weight excluding hydrogens is 749 g/mol. The smallest absolute Gasteiger partial charge is 0.164 e. The van der Waals surface area contributed by atoms with Gasteiger partial charge in [-0.15, -0.1) is 0 Å². The van der Waals surface area contributed by atoms with Gasteiger partial charge < -0.3 is 4.42 Å². The summed E-state index contributed by atoms with van der Waals surface area (Å²) < 4.78 is 6.61. The lowest BCUT2D eigenvalue weighted by Crippen LogP contribution is -2.03. The number of hydrogen-bond donors (Lipinski definition) is 0. The summed E-state index contributed by atoms with van der Waals surface area (Å²) in [6, 6.07) is 69.4. The lowest BCUT2D eigenvalue weighted by molar-refractivity contribution is 0.669. The summed E-state index contributed by atoms with van der Waals surface area (Å²) in [5, 5.41) is 2.02. The summed E-state index contributed by atoms with van der Waals surface area (Å²) >= 11 is 0. The Bertz CT molecular complexity index is 3220. The van der Waals surface area contributed by atoms with Gasteiger partial charge in [-0.2, -0.15) is 0 Å². The first kappa shape index (κ1) is 35.7. The van der Waals surface area contributed by atoms with Crippen molar-refractivity contribution in [2.75, 3.05) is 0 Å². The number of para-hydroxylation sites is 1. The van der Waals surface area contributed by atoms with Crippen LogP contribution in [0, 0.1) is 0 Å². The van der Waals surface area contributed by atoms with Crippen LogP contribution in [0.25, 0.3) is 113 Å². The van der Waals surface area contributed by atoms with E-state index in [0.717, 1.165) is 77.6 Å². The van der Waals surface area contributed by atoms with Gasteiger partial charge >= 0.3 is 0 Å². The molecule has 8 aromatic carbocycles. The Hall–Kier alpha value is -8.42. The highest BCUT2D eigenvalue weighted by Gasteiger charge is 2.23. The monoisotopic (exact) mass is 782 g/mol. The minimum absolute atomic E-state index is 0.510. The van der Waals surface area contributed by atoms with Gasteiger partial charge in [0.1, 0.15) is 11.2 Å². The van der Waals surface area contributed by atoms with Crippen molar-refractivity contribution in [3.05, 3.63) is 206 Å². The van der Waals surface area contributed by atoms with Crippen molar-refractivity contribution in [1.29, 1.82) is 0 Å². The molecule has 0 aliphatic carbocycles. The van der Waals surface area contributed by atoms with Crippen LogP contribution in [0.4, 0.5) is 0 Å². The fourth-order valence-corrected chi connectivity index (χ4v) is 7.83. The summed E-state index contributed by atoms with van der Waals surface area (Å²) in [6.45, 7) is 0. The van der Waals surface area contributed by atoms with Gasteiger partial charge in [0, 0.05) is 44.2 Å². The van der Waals surface area contributed by atoms with Crippen LogP contribution in [0.1, 0.15) is 0 Å². The molecule has 0 fully saturated rings. The molecule has 0 amide bonds. The van der Waals surface area contributed by atoms with Gasteiger partial charge in [-0.05, 0) is 46.5 Å². The SMILES string of the molecule is c1ccc(-c2cc(-c3ccc(-c4nc(-c5ccccc5)nc(-c5ccccc5)n4)cc3-c3nc(-c4ccccc4)nc(-c4ccccc4)n3)c3c(c2)oc2ccccc23)cc1. The number of furan rings is 1. The molecule has 0 radical (unpaired) electrons. The van der Waals surface area contributed by atoms with E-state index in [1.807, 2.05) is 140 Å². The first-order valence-corrected chi connectivity index (χ1v) is 20.1. The van der Waals surface area contributed by atoms with Crippen molar-refractivity contribution in [2.24, 2.45) is 0 Å². The van der Waals surface area contributed by atoms with E-state index in [1.54, 1.807) is 0 Å². The van der Waals surface area contributed by atoms with Crippen LogP contribution in [0.2, 0.25) is 0 Å². The third kappa shape index (κ3) is 6.90. The van der Waals surface area contributed by atoms with Gasteiger partial charge in [-0.25, -0.2) is 29.9 Å². The van der Waals surface area contributed by atoms with Gasteiger partial charge in [-0.1, -0.05) is 182 Å². The van der Waals surface area contributed by atoms with Gasteiger partial charge in [0.05, 0.1) is 0 Å². The Morgan fingerprint density at radius 1 is 0.246 bits per heavy atom. The van der Waals surface area contributed by atoms with E-state index in [4.69, 9.17) is 34.3 Å². The molecule has 3 aromatic heterocycles. The maximum atomic E-state index is 6.61. The maximum Gasteiger partial charge on any atom is 0.164 e. The van der Waals surface area contributed by atoms with E-state index in [0.29, 0.717) is 34.9 Å². The van der Waals surface area contributed by atoms with Gasteiger partial charge in [0.15, 0.2) is 34.9 Å². The predicted octanol–water partition coefficient (Wildman–Crippen LogP) is 13.3. The summed E-state index contributed by atoms with van der Waals surface area (Å²) in [5.74, 6) is 3.32. The highest BCUT2D eigenvalue weighted by atomic mass is 16.3. The van der Waals surface area contributed by atoms with Crippen molar-refractivity contribution >= 4 is 21.9 Å². The third-order valence-electron chi connectivity index (χ3n) is 10.8. The second-order valence-corrected chi connectivity index (χ2v) is 14.7. The molecule has 0 spiro atoms. The molecule has 0 saturated carbocycles. The van der Waals surface area contributed by atoms with Crippen molar-refractivity contribution in [1.82, 2.24) is 29.9 Å². The Balaban J connectivity index is 1.22. The predicted molar refractivity (Wildman–Crippen MR) is 244 cm³/mol. The fourth-order valence-electron chi connectivity index (χ4n) is 7.83. The Morgan fingerprint density at radius 2 is 0.639 bits per heavy atom. The van der Waals surface area contributed by atoms with E-state index in [9.17, 15) is 0 Å². The molecule has 11 aromatic rings. The van der Waals surface area contributed by atoms with E-state index in [1.165, 1.54) is 0 Å². The lowest BCUT2D eigenvalue weighted by Gasteiger charge is -2.16. The number of rotatable bonds is 8. The molecule has 11 rings (SSSR count). The van der Waals surface area contributed by atoms with Crippen LogP contribution >= 0.6 is 0 Å². The second-order valence-electron chi connectivity index (χ2n) is 14.7. The molecule has 0 aliphatic heterocycles. The van der Waals surface area contributed by atoms with Crippen molar-refractivity contribution in [3.8, 4) is 90.6 Å². The topological polar surface area (TPSA) is 90.5 Å². The number of nitrogens with zero attached hydrogens (tertiary/aromatic N) is 6. The highest BCUT2D eigenvalue weighted by Crippen LogP contribution is 2.44. The highest BCUT2D eigenvalue weighted by molar-refractivity contribution is 6.15. The summed E-state index contributed by atoms with van der Waals surface area (Å²) in [7, 11) is 0. The van der Waals surface area contributed by atoms with E-state index in [-0.39, 0.29) is 0 Å². The minimum atomic E-state index is 0.510. The first-order valence-electron chi connectivity index (χ1n) is 20.1. The van der Waals surface area contributed by atoms with Gasteiger partial charge in [-0.3, -0.25) is 0 Å². The minimum Gasteiger partial charge on any atom is -0.456 e. The molecular formula is C54H34N6O.